The number of aromatic nitrogens is 3. The van der Waals surface area contributed by atoms with Crippen molar-refractivity contribution in [2.75, 3.05) is 18.9 Å². The van der Waals surface area contributed by atoms with Crippen molar-refractivity contribution in [2.45, 2.75) is 37.8 Å². The number of H-pyrrole nitrogens is 2. The lowest BCUT2D eigenvalue weighted by Gasteiger charge is -2.36. The van der Waals surface area contributed by atoms with Crippen molar-refractivity contribution >= 4 is 5.82 Å². The van der Waals surface area contributed by atoms with Gasteiger partial charge in [0.25, 0.3) is 5.56 Å². The first-order chi connectivity index (χ1) is 9.13. The Morgan fingerprint density at radius 3 is 2.63 bits per heavy atom. The number of piperidine rings is 1. The Kier molecular flexibility index (Phi) is 3.14. The molecule has 0 aromatic carbocycles. The molecule has 0 radical (unpaired) electrons. The molecule has 2 aliphatic rings. The summed E-state index contributed by atoms with van der Waals surface area (Å²) in [5.74, 6) is 0.771. The molecule has 1 aromatic rings. The van der Waals surface area contributed by atoms with Crippen LogP contribution in [0.3, 0.4) is 0 Å². The largest absolute Gasteiger partial charge is 0.364 e. The zero-order valence-electron chi connectivity index (χ0n) is 11.0. The molecule has 0 amide bonds. The van der Waals surface area contributed by atoms with Crippen LogP contribution in [0.2, 0.25) is 0 Å². The van der Waals surface area contributed by atoms with Crippen LogP contribution in [-0.2, 0) is 0 Å². The highest BCUT2D eigenvalue weighted by molar-refractivity contribution is 5.28. The van der Waals surface area contributed by atoms with Crippen molar-refractivity contribution in [1.82, 2.24) is 20.1 Å². The maximum absolute atomic E-state index is 11.5. The zero-order chi connectivity index (χ0) is 13.4. The molecule has 3 rings (SSSR count). The Morgan fingerprint density at radius 1 is 1.32 bits per heavy atom. The van der Waals surface area contributed by atoms with Crippen LogP contribution in [-0.4, -0.2) is 45.8 Å². The van der Waals surface area contributed by atoms with Crippen LogP contribution in [0.1, 0.15) is 25.7 Å². The second kappa shape index (κ2) is 4.80. The maximum atomic E-state index is 11.5. The van der Waals surface area contributed by atoms with E-state index in [0.29, 0.717) is 18.0 Å². The molecule has 2 unspecified atom stereocenters. The highest BCUT2D eigenvalue weighted by Gasteiger charge is 2.38. The summed E-state index contributed by atoms with van der Waals surface area (Å²) in [5.41, 5.74) is -1.03. The van der Waals surface area contributed by atoms with Gasteiger partial charge in [0.05, 0.1) is 0 Å². The summed E-state index contributed by atoms with van der Waals surface area (Å²) in [5, 5.41) is 9.01. The summed E-state index contributed by atoms with van der Waals surface area (Å²) < 4.78 is 0. The van der Waals surface area contributed by atoms with Gasteiger partial charge in [-0.25, -0.2) is 9.89 Å². The van der Waals surface area contributed by atoms with E-state index >= 15 is 0 Å². The fraction of sp³-hybridized carbons (Fsp3) is 0.750. The molecule has 104 valence electrons. The van der Waals surface area contributed by atoms with E-state index in [-0.39, 0.29) is 5.82 Å². The molecule has 2 aliphatic heterocycles. The molecule has 2 fully saturated rings. The average Bonchev–Trinajstić information content (AvgIpc) is 2.62. The van der Waals surface area contributed by atoms with Gasteiger partial charge in [0.2, 0.25) is 5.82 Å². The van der Waals surface area contributed by atoms with Crippen LogP contribution in [0, 0.1) is 5.92 Å². The predicted molar refractivity (Wildman–Crippen MR) is 71.3 cm³/mol. The van der Waals surface area contributed by atoms with Gasteiger partial charge in [-0.2, -0.15) is 0 Å². The first-order valence-electron chi connectivity index (χ1n) is 6.78. The topological polar surface area (TPSA) is 93.9 Å². The standard InChI is InChI=1S/C12H19N5O2/c1-17-8-2-3-9(17)5-7(4-8)6-13-10-11(18)14-12(19)16-15-10/h7-9H,2-6H2,1H3,(H,13,15)(H2,14,16,18,19). The summed E-state index contributed by atoms with van der Waals surface area (Å²) in [7, 11) is 2.21. The van der Waals surface area contributed by atoms with Crippen LogP contribution >= 0.6 is 0 Å². The van der Waals surface area contributed by atoms with Crippen molar-refractivity contribution in [3.63, 3.8) is 0 Å². The van der Waals surface area contributed by atoms with Crippen molar-refractivity contribution in [1.29, 1.82) is 0 Å². The molecule has 0 spiro atoms. The van der Waals surface area contributed by atoms with Crippen LogP contribution < -0.4 is 16.6 Å². The third-order valence-corrected chi connectivity index (χ3v) is 4.47. The van der Waals surface area contributed by atoms with E-state index in [1.54, 1.807) is 0 Å². The molecule has 2 bridgehead atoms. The third kappa shape index (κ3) is 2.42. The highest BCUT2D eigenvalue weighted by Crippen LogP contribution is 2.37. The number of nitrogens with one attached hydrogen (secondary N) is 3. The van der Waals surface area contributed by atoms with Gasteiger partial charge in [-0.3, -0.25) is 9.78 Å². The smallest absolute Gasteiger partial charge is 0.342 e. The van der Waals surface area contributed by atoms with Crippen molar-refractivity contribution < 1.29 is 0 Å². The molecule has 0 aliphatic carbocycles. The van der Waals surface area contributed by atoms with Crippen molar-refractivity contribution in [3.05, 3.63) is 20.8 Å². The van der Waals surface area contributed by atoms with E-state index in [0.717, 1.165) is 6.54 Å². The zero-order valence-corrected chi connectivity index (χ0v) is 11.0. The lowest BCUT2D eigenvalue weighted by atomic mass is 9.91. The number of nitrogens with zero attached hydrogens (tertiary/aromatic N) is 2. The second-order valence-corrected chi connectivity index (χ2v) is 5.62. The first-order valence-corrected chi connectivity index (χ1v) is 6.78. The summed E-state index contributed by atoms with van der Waals surface area (Å²) in [6, 6.07) is 1.37. The van der Waals surface area contributed by atoms with Gasteiger partial charge >= 0.3 is 5.69 Å². The van der Waals surface area contributed by atoms with Crippen molar-refractivity contribution in [3.8, 4) is 0 Å². The van der Waals surface area contributed by atoms with Crippen LogP contribution in [0.5, 0.6) is 0 Å². The molecule has 1 aromatic heterocycles. The van der Waals surface area contributed by atoms with Gasteiger partial charge in [0.1, 0.15) is 0 Å². The fourth-order valence-corrected chi connectivity index (χ4v) is 3.40. The number of fused-ring (bicyclic) bond motifs is 2. The average molecular weight is 265 g/mol. The Bertz CT molecular complexity index is 552. The van der Waals surface area contributed by atoms with Crippen LogP contribution in [0.4, 0.5) is 5.82 Å². The normalized spacial score (nSPS) is 30.5. The van der Waals surface area contributed by atoms with Gasteiger partial charge in [0, 0.05) is 18.6 Å². The minimum atomic E-state index is -0.576. The van der Waals surface area contributed by atoms with Crippen LogP contribution in [0.25, 0.3) is 0 Å². The molecule has 2 saturated heterocycles. The summed E-state index contributed by atoms with van der Waals surface area (Å²) in [6.07, 6.45) is 4.91. The lowest BCUT2D eigenvalue weighted by Crippen LogP contribution is -2.42. The Morgan fingerprint density at radius 2 is 2.00 bits per heavy atom. The number of rotatable bonds is 3. The number of aromatic amines is 2. The van der Waals surface area contributed by atoms with E-state index < -0.39 is 11.2 Å². The van der Waals surface area contributed by atoms with E-state index in [2.05, 4.69) is 32.4 Å². The Labute approximate surface area is 110 Å². The fourth-order valence-electron chi connectivity index (χ4n) is 3.40. The highest BCUT2D eigenvalue weighted by atomic mass is 16.2. The molecule has 0 saturated carbocycles. The minimum Gasteiger partial charge on any atom is -0.364 e. The molecule has 19 heavy (non-hydrogen) atoms. The van der Waals surface area contributed by atoms with Gasteiger partial charge in [-0.15, -0.1) is 5.10 Å². The van der Waals surface area contributed by atoms with Gasteiger partial charge in [-0.1, -0.05) is 0 Å². The number of hydrogen-bond acceptors (Lipinski definition) is 5. The van der Waals surface area contributed by atoms with Crippen molar-refractivity contribution in [2.24, 2.45) is 5.92 Å². The van der Waals surface area contributed by atoms with E-state index in [1.165, 1.54) is 25.7 Å². The monoisotopic (exact) mass is 265 g/mol. The maximum Gasteiger partial charge on any atom is 0.342 e. The van der Waals surface area contributed by atoms with E-state index in [1.807, 2.05) is 0 Å². The number of hydrogen-bond donors (Lipinski definition) is 3. The molecular weight excluding hydrogens is 246 g/mol. The minimum absolute atomic E-state index is 0.200. The molecule has 2 atom stereocenters. The van der Waals surface area contributed by atoms with E-state index in [4.69, 9.17) is 0 Å². The molecular formula is C12H19N5O2. The number of anilines is 1. The Balaban J connectivity index is 1.61. The van der Waals surface area contributed by atoms with Crippen LogP contribution in [0.15, 0.2) is 9.59 Å². The SMILES string of the molecule is CN1C2CCC1CC(CNc1n[nH]c(=O)[nH]c1=O)C2. The third-order valence-electron chi connectivity index (χ3n) is 4.47. The van der Waals surface area contributed by atoms with Gasteiger partial charge < -0.3 is 10.2 Å². The quantitative estimate of drug-likeness (QED) is 0.700. The summed E-state index contributed by atoms with van der Waals surface area (Å²) in [4.78, 5) is 27.0. The second-order valence-electron chi connectivity index (χ2n) is 5.62. The molecule has 3 N–H and O–H groups in total. The predicted octanol–water partition coefficient (Wildman–Crippen LogP) is -0.257. The molecule has 7 heteroatoms. The first kappa shape index (κ1) is 12.4. The van der Waals surface area contributed by atoms with Gasteiger partial charge in [-0.05, 0) is 38.6 Å². The van der Waals surface area contributed by atoms with E-state index in [9.17, 15) is 9.59 Å². The Hall–Kier alpha value is -1.63. The summed E-state index contributed by atoms with van der Waals surface area (Å²) >= 11 is 0. The van der Waals surface area contributed by atoms with Gasteiger partial charge in [0.15, 0.2) is 0 Å². The summed E-state index contributed by atoms with van der Waals surface area (Å²) in [6.45, 7) is 0.739. The molecule has 3 heterocycles. The molecule has 7 nitrogen and oxygen atoms in total. The lowest BCUT2D eigenvalue weighted by molar-refractivity contribution is 0.139.